The van der Waals surface area contributed by atoms with Crippen LogP contribution in [0.3, 0.4) is 0 Å². The number of hydrogen-bond donors (Lipinski definition) is 0. The van der Waals surface area contributed by atoms with Crippen LogP contribution in [0.5, 0.6) is 0 Å². The Hall–Kier alpha value is -0.920. The summed E-state index contributed by atoms with van der Waals surface area (Å²) < 4.78 is 0. The quantitative estimate of drug-likeness (QED) is 0.580. The molecular weight excluding hydrogens is 160 g/mol. The summed E-state index contributed by atoms with van der Waals surface area (Å²) in [6.45, 7) is 8.18. The molecule has 0 rings (SSSR count). The third-order valence-corrected chi connectivity index (χ3v) is 1.55. The Bertz CT molecular complexity index is 200. The Morgan fingerprint density at radius 2 is 2.00 bits per heavy atom. The minimum absolute atomic E-state index is 0.127. The zero-order chi connectivity index (χ0) is 10.2. The van der Waals surface area contributed by atoms with Gasteiger partial charge in [-0.25, -0.2) is 0 Å². The number of hydrogen-bond acceptors (Lipinski definition) is 2. The van der Waals surface area contributed by atoms with Gasteiger partial charge in [-0.05, 0) is 39.5 Å². The standard InChI is InChI=1S/C11H20N2/c1-5-7-9-12-10-8-11(3,4)13-6-2/h6,8-10H,5,7H2,1-4H3/b10-8-,12-9?,13-6?. The molecule has 0 bridgehead atoms. The van der Waals surface area contributed by atoms with Gasteiger partial charge in [-0.15, -0.1) is 0 Å². The molecule has 0 atom stereocenters. The van der Waals surface area contributed by atoms with Gasteiger partial charge < -0.3 is 0 Å². The second kappa shape index (κ2) is 6.58. The van der Waals surface area contributed by atoms with Gasteiger partial charge >= 0.3 is 0 Å². The van der Waals surface area contributed by atoms with E-state index in [4.69, 9.17) is 0 Å². The molecule has 0 saturated heterocycles. The molecule has 0 radical (unpaired) electrons. The number of nitrogens with zero attached hydrogens (tertiary/aromatic N) is 2. The van der Waals surface area contributed by atoms with Crippen LogP contribution in [0.2, 0.25) is 0 Å². The van der Waals surface area contributed by atoms with Gasteiger partial charge in [-0.3, -0.25) is 9.98 Å². The summed E-state index contributed by atoms with van der Waals surface area (Å²) in [5, 5.41) is 0. The van der Waals surface area contributed by atoms with Gasteiger partial charge in [-0.1, -0.05) is 13.3 Å². The van der Waals surface area contributed by atoms with Crippen molar-refractivity contribution in [3.8, 4) is 0 Å². The molecule has 0 aromatic carbocycles. The monoisotopic (exact) mass is 180 g/mol. The topological polar surface area (TPSA) is 24.7 Å². The van der Waals surface area contributed by atoms with Gasteiger partial charge in [0, 0.05) is 12.4 Å². The summed E-state index contributed by atoms with van der Waals surface area (Å²) in [5.41, 5.74) is -0.127. The fourth-order valence-corrected chi connectivity index (χ4v) is 0.866. The smallest absolute Gasteiger partial charge is 0.0745 e. The van der Waals surface area contributed by atoms with Crippen LogP contribution in [-0.4, -0.2) is 18.0 Å². The maximum absolute atomic E-state index is 4.29. The van der Waals surface area contributed by atoms with Crippen LogP contribution in [0, 0.1) is 0 Å². The summed E-state index contributed by atoms with van der Waals surface area (Å²) in [6, 6.07) is 0. The van der Waals surface area contributed by atoms with Crippen LogP contribution in [-0.2, 0) is 0 Å². The highest BCUT2D eigenvalue weighted by atomic mass is 14.8. The summed E-state index contributed by atoms with van der Waals surface area (Å²) >= 11 is 0. The first kappa shape index (κ1) is 12.1. The van der Waals surface area contributed by atoms with Crippen molar-refractivity contribution in [1.29, 1.82) is 0 Å². The highest BCUT2D eigenvalue weighted by molar-refractivity contribution is 5.58. The average Bonchev–Trinajstić information content (AvgIpc) is 2.04. The molecule has 0 fully saturated rings. The van der Waals surface area contributed by atoms with Gasteiger partial charge in [0.05, 0.1) is 5.54 Å². The van der Waals surface area contributed by atoms with E-state index in [0.717, 1.165) is 12.8 Å². The van der Waals surface area contributed by atoms with E-state index in [1.807, 2.05) is 31.6 Å². The van der Waals surface area contributed by atoms with Gasteiger partial charge in [-0.2, -0.15) is 0 Å². The molecule has 0 aromatic heterocycles. The van der Waals surface area contributed by atoms with E-state index in [-0.39, 0.29) is 5.54 Å². The summed E-state index contributed by atoms with van der Waals surface area (Å²) in [5.74, 6) is 0. The molecule has 0 aliphatic heterocycles. The zero-order valence-corrected chi connectivity index (χ0v) is 9.12. The molecule has 0 unspecified atom stereocenters. The SMILES string of the molecule is CC=NC(C)(C)/C=C\N=CCCC. The largest absolute Gasteiger partial charge is 0.288 e. The highest BCUT2D eigenvalue weighted by Gasteiger charge is 2.08. The lowest BCUT2D eigenvalue weighted by Crippen LogP contribution is -2.11. The van der Waals surface area contributed by atoms with Gasteiger partial charge in [0.15, 0.2) is 0 Å². The van der Waals surface area contributed by atoms with Crippen molar-refractivity contribution in [2.24, 2.45) is 9.98 Å². The van der Waals surface area contributed by atoms with Crippen LogP contribution in [0.4, 0.5) is 0 Å². The zero-order valence-electron chi connectivity index (χ0n) is 9.12. The molecule has 0 aliphatic rings. The first-order valence-electron chi connectivity index (χ1n) is 4.81. The Balaban J connectivity index is 3.95. The predicted molar refractivity (Wildman–Crippen MR) is 60.8 cm³/mol. The van der Waals surface area contributed by atoms with Crippen molar-refractivity contribution in [2.45, 2.75) is 46.1 Å². The van der Waals surface area contributed by atoms with E-state index in [9.17, 15) is 0 Å². The molecule has 0 aromatic rings. The van der Waals surface area contributed by atoms with Crippen LogP contribution >= 0.6 is 0 Å². The molecular formula is C11H20N2. The molecule has 0 N–H and O–H groups in total. The van der Waals surface area contributed by atoms with Crippen molar-refractivity contribution in [2.75, 3.05) is 0 Å². The van der Waals surface area contributed by atoms with E-state index in [1.54, 1.807) is 0 Å². The third kappa shape index (κ3) is 7.44. The maximum atomic E-state index is 4.29. The number of aliphatic imine (C=N–C) groups is 2. The Morgan fingerprint density at radius 1 is 1.31 bits per heavy atom. The molecule has 2 heteroatoms. The number of unbranched alkanes of at least 4 members (excludes halogenated alkanes) is 1. The first-order chi connectivity index (χ1) is 6.12. The normalized spacial score (nSPS) is 13.8. The van der Waals surface area contributed by atoms with Crippen molar-refractivity contribution in [1.82, 2.24) is 0 Å². The lowest BCUT2D eigenvalue weighted by molar-refractivity contribution is 0.659. The fourth-order valence-electron chi connectivity index (χ4n) is 0.866. The minimum atomic E-state index is -0.127. The highest BCUT2D eigenvalue weighted by Crippen LogP contribution is 2.09. The molecule has 0 amide bonds. The van der Waals surface area contributed by atoms with E-state index in [0.29, 0.717) is 0 Å². The maximum Gasteiger partial charge on any atom is 0.0745 e. The van der Waals surface area contributed by atoms with Crippen LogP contribution in [0.15, 0.2) is 22.3 Å². The lowest BCUT2D eigenvalue weighted by Gasteiger charge is -2.12. The second-order valence-electron chi connectivity index (χ2n) is 3.48. The molecule has 13 heavy (non-hydrogen) atoms. The van der Waals surface area contributed by atoms with Crippen molar-refractivity contribution < 1.29 is 0 Å². The Labute approximate surface area is 81.5 Å². The van der Waals surface area contributed by atoms with E-state index in [1.165, 1.54) is 0 Å². The molecule has 0 aliphatic carbocycles. The van der Waals surface area contributed by atoms with Crippen LogP contribution in [0.25, 0.3) is 0 Å². The van der Waals surface area contributed by atoms with Crippen LogP contribution in [0.1, 0.15) is 40.5 Å². The fraction of sp³-hybridized carbons (Fsp3) is 0.636. The lowest BCUT2D eigenvalue weighted by atomic mass is 10.1. The van der Waals surface area contributed by atoms with Crippen molar-refractivity contribution >= 4 is 12.4 Å². The first-order valence-corrected chi connectivity index (χ1v) is 4.81. The minimum Gasteiger partial charge on any atom is -0.288 e. The summed E-state index contributed by atoms with van der Waals surface area (Å²) in [4.78, 5) is 8.44. The molecule has 0 saturated carbocycles. The van der Waals surface area contributed by atoms with Crippen LogP contribution < -0.4 is 0 Å². The summed E-state index contributed by atoms with van der Waals surface area (Å²) in [7, 11) is 0. The number of rotatable bonds is 5. The second-order valence-corrected chi connectivity index (χ2v) is 3.48. The van der Waals surface area contributed by atoms with E-state index < -0.39 is 0 Å². The third-order valence-electron chi connectivity index (χ3n) is 1.55. The van der Waals surface area contributed by atoms with Gasteiger partial charge in [0.25, 0.3) is 0 Å². The average molecular weight is 180 g/mol. The molecule has 0 heterocycles. The Kier molecular flexibility index (Phi) is 6.11. The molecule has 0 spiro atoms. The van der Waals surface area contributed by atoms with Gasteiger partial charge in [0.1, 0.15) is 0 Å². The molecule has 2 nitrogen and oxygen atoms in total. The molecule has 74 valence electrons. The van der Waals surface area contributed by atoms with E-state index >= 15 is 0 Å². The van der Waals surface area contributed by atoms with Crippen molar-refractivity contribution in [3.63, 3.8) is 0 Å². The van der Waals surface area contributed by atoms with E-state index in [2.05, 4.69) is 30.8 Å². The van der Waals surface area contributed by atoms with Crippen molar-refractivity contribution in [3.05, 3.63) is 12.3 Å². The van der Waals surface area contributed by atoms with Gasteiger partial charge in [0.2, 0.25) is 0 Å². The summed E-state index contributed by atoms with van der Waals surface area (Å²) in [6.07, 6.45) is 9.76. The predicted octanol–water partition coefficient (Wildman–Crippen LogP) is 3.24. The Morgan fingerprint density at radius 3 is 2.54 bits per heavy atom.